The summed E-state index contributed by atoms with van der Waals surface area (Å²) in [6.45, 7) is 2.00. The molecule has 2 heterocycles. The maximum atomic E-state index is 4.33. The molecule has 0 aliphatic rings. The van der Waals surface area contributed by atoms with Crippen LogP contribution < -0.4 is 5.32 Å². The van der Waals surface area contributed by atoms with Crippen molar-refractivity contribution < 1.29 is 0 Å². The monoisotopic (exact) mass is 227 g/mol. The Kier molecular flexibility index (Phi) is 2.11. The van der Waals surface area contributed by atoms with E-state index in [0.29, 0.717) is 0 Å². The van der Waals surface area contributed by atoms with Crippen molar-refractivity contribution >= 4 is 16.7 Å². The number of rotatable bonds is 2. The molecule has 3 aromatic rings. The highest BCUT2D eigenvalue weighted by Crippen LogP contribution is 2.29. The van der Waals surface area contributed by atoms with Crippen LogP contribution in [0.25, 0.3) is 22.3 Å². The normalized spacial score (nSPS) is 10.9. The first-order chi connectivity index (χ1) is 8.29. The molecule has 86 valence electrons. The number of fused-ring (bicyclic) bond motifs is 1. The van der Waals surface area contributed by atoms with E-state index in [1.165, 1.54) is 0 Å². The van der Waals surface area contributed by atoms with Crippen LogP contribution in [0.4, 0.5) is 5.69 Å². The van der Waals surface area contributed by atoms with E-state index in [1.54, 1.807) is 6.33 Å². The average Bonchev–Trinajstić information content (AvgIpc) is 2.93. The lowest BCUT2D eigenvalue weighted by Gasteiger charge is -2.02. The quantitative estimate of drug-likeness (QED) is 0.629. The Labute approximate surface area is 98.3 Å². The van der Waals surface area contributed by atoms with Crippen LogP contribution in [-0.4, -0.2) is 27.2 Å². The number of anilines is 1. The highest BCUT2D eigenvalue weighted by atomic mass is 15.1. The lowest BCUT2D eigenvalue weighted by Crippen LogP contribution is -1.91. The van der Waals surface area contributed by atoms with Crippen LogP contribution in [-0.2, 0) is 0 Å². The third-order valence-corrected chi connectivity index (χ3v) is 2.89. The summed E-state index contributed by atoms with van der Waals surface area (Å²) >= 11 is 0. The summed E-state index contributed by atoms with van der Waals surface area (Å²) in [6.07, 6.45) is 1.70. The summed E-state index contributed by atoms with van der Waals surface area (Å²) in [5.41, 5.74) is 6.05. The van der Waals surface area contributed by atoms with E-state index in [0.717, 1.165) is 33.7 Å². The Bertz CT molecular complexity index is 664. The van der Waals surface area contributed by atoms with Crippen molar-refractivity contribution in [1.82, 2.24) is 20.2 Å². The number of aromatic nitrogens is 4. The second kappa shape index (κ2) is 3.62. The van der Waals surface area contributed by atoms with E-state index in [2.05, 4.69) is 31.5 Å². The number of nitrogens with zero attached hydrogens (tertiary/aromatic N) is 2. The molecule has 3 N–H and O–H groups in total. The Morgan fingerprint density at radius 1 is 1.29 bits per heavy atom. The molecule has 5 heteroatoms. The summed E-state index contributed by atoms with van der Waals surface area (Å²) in [5, 5.41) is 10.5. The Morgan fingerprint density at radius 2 is 2.18 bits per heavy atom. The minimum atomic E-state index is 0.932. The maximum Gasteiger partial charge on any atom is 0.116 e. The number of benzene rings is 1. The minimum absolute atomic E-state index is 0.932. The van der Waals surface area contributed by atoms with Gasteiger partial charge in [-0.15, -0.1) is 0 Å². The van der Waals surface area contributed by atoms with Crippen LogP contribution in [0.2, 0.25) is 0 Å². The van der Waals surface area contributed by atoms with E-state index in [1.807, 2.05) is 26.1 Å². The van der Waals surface area contributed by atoms with E-state index in [9.17, 15) is 0 Å². The van der Waals surface area contributed by atoms with Crippen molar-refractivity contribution in [3.63, 3.8) is 0 Å². The second-order valence-electron chi connectivity index (χ2n) is 3.96. The number of hydrogen-bond acceptors (Lipinski definition) is 3. The van der Waals surface area contributed by atoms with Crippen molar-refractivity contribution in [1.29, 1.82) is 0 Å². The van der Waals surface area contributed by atoms with Gasteiger partial charge < -0.3 is 10.3 Å². The van der Waals surface area contributed by atoms with Crippen LogP contribution >= 0.6 is 0 Å². The predicted octanol–water partition coefficient (Wildman–Crippen LogP) is 2.30. The molecule has 0 radical (unpaired) electrons. The van der Waals surface area contributed by atoms with Crippen molar-refractivity contribution in [2.75, 3.05) is 12.4 Å². The molecule has 1 aromatic carbocycles. The summed E-state index contributed by atoms with van der Waals surface area (Å²) in [4.78, 5) is 7.31. The molecule has 0 unspecified atom stereocenters. The number of aryl methyl sites for hydroxylation is 1. The molecule has 0 spiro atoms. The zero-order valence-corrected chi connectivity index (χ0v) is 9.70. The minimum Gasteiger partial charge on any atom is -0.385 e. The molecule has 0 saturated heterocycles. The smallest absolute Gasteiger partial charge is 0.116 e. The molecule has 5 nitrogen and oxygen atoms in total. The number of aromatic amines is 2. The lowest BCUT2D eigenvalue weighted by molar-refractivity contribution is 1.05. The van der Waals surface area contributed by atoms with Crippen molar-refractivity contribution in [2.24, 2.45) is 0 Å². The third kappa shape index (κ3) is 1.47. The van der Waals surface area contributed by atoms with E-state index in [4.69, 9.17) is 0 Å². The van der Waals surface area contributed by atoms with Gasteiger partial charge in [-0.25, -0.2) is 4.98 Å². The average molecular weight is 227 g/mol. The first kappa shape index (κ1) is 9.89. The van der Waals surface area contributed by atoms with Gasteiger partial charge in [-0.05, 0) is 19.1 Å². The first-order valence-electron chi connectivity index (χ1n) is 5.46. The van der Waals surface area contributed by atoms with Gasteiger partial charge in [-0.1, -0.05) is 6.07 Å². The van der Waals surface area contributed by atoms with Gasteiger partial charge in [0.25, 0.3) is 0 Å². The van der Waals surface area contributed by atoms with E-state index < -0.39 is 0 Å². The van der Waals surface area contributed by atoms with Crippen molar-refractivity contribution in [3.8, 4) is 11.3 Å². The zero-order chi connectivity index (χ0) is 11.8. The first-order valence-corrected chi connectivity index (χ1v) is 5.46. The van der Waals surface area contributed by atoms with Crippen LogP contribution in [0.5, 0.6) is 0 Å². The fraction of sp³-hybridized carbons (Fsp3) is 0.167. The number of H-pyrrole nitrogens is 2. The molecule has 0 saturated carbocycles. The highest BCUT2D eigenvalue weighted by molar-refractivity contribution is 5.84. The SMILES string of the molecule is CNc1c(-c2ccc3nc[nH]c3c2)n[nH]c1C. The molecule has 0 fully saturated rings. The van der Waals surface area contributed by atoms with E-state index >= 15 is 0 Å². The largest absolute Gasteiger partial charge is 0.385 e. The zero-order valence-electron chi connectivity index (χ0n) is 9.70. The van der Waals surface area contributed by atoms with Gasteiger partial charge in [0.1, 0.15) is 5.69 Å². The van der Waals surface area contributed by atoms with Gasteiger partial charge in [-0.3, -0.25) is 5.10 Å². The van der Waals surface area contributed by atoms with Gasteiger partial charge >= 0.3 is 0 Å². The Morgan fingerprint density at radius 3 is 3.00 bits per heavy atom. The molecule has 0 aliphatic heterocycles. The van der Waals surface area contributed by atoms with Gasteiger partial charge in [0.05, 0.1) is 28.7 Å². The van der Waals surface area contributed by atoms with Crippen molar-refractivity contribution in [3.05, 3.63) is 30.2 Å². The fourth-order valence-corrected chi connectivity index (χ4v) is 2.03. The maximum absolute atomic E-state index is 4.33. The molecule has 2 aromatic heterocycles. The molecule has 0 aliphatic carbocycles. The number of imidazole rings is 1. The second-order valence-corrected chi connectivity index (χ2v) is 3.96. The van der Waals surface area contributed by atoms with Gasteiger partial charge in [0, 0.05) is 12.6 Å². The van der Waals surface area contributed by atoms with Crippen LogP contribution in [0.15, 0.2) is 24.5 Å². The molecule has 3 rings (SSSR count). The highest BCUT2D eigenvalue weighted by Gasteiger charge is 2.11. The summed E-state index contributed by atoms with van der Waals surface area (Å²) in [6, 6.07) is 6.07. The van der Waals surface area contributed by atoms with Gasteiger partial charge in [0.15, 0.2) is 0 Å². The fourth-order valence-electron chi connectivity index (χ4n) is 2.03. The molecular weight excluding hydrogens is 214 g/mol. The Hall–Kier alpha value is -2.30. The third-order valence-electron chi connectivity index (χ3n) is 2.89. The summed E-state index contributed by atoms with van der Waals surface area (Å²) < 4.78 is 0. The Balaban J connectivity index is 2.19. The van der Waals surface area contributed by atoms with Crippen molar-refractivity contribution in [2.45, 2.75) is 6.92 Å². The molecule has 17 heavy (non-hydrogen) atoms. The van der Waals surface area contributed by atoms with Gasteiger partial charge in [-0.2, -0.15) is 5.10 Å². The van der Waals surface area contributed by atoms with Crippen LogP contribution in [0.3, 0.4) is 0 Å². The van der Waals surface area contributed by atoms with Crippen LogP contribution in [0, 0.1) is 6.92 Å². The van der Waals surface area contributed by atoms with Crippen LogP contribution in [0.1, 0.15) is 5.69 Å². The molecule has 0 bridgehead atoms. The predicted molar refractivity (Wildman–Crippen MR) is 68.0 cm³/mol. The molecule has 0 atom stereocenters. The number of hydrogen-bond donors (Lipinski definition) is 3. The summed E-state index contributed by atoms with van der Waals surface area (Å²) in [5.74, 6) is 0. The molecule has 0 amide bonds. The standard InChI is InChI=1S/C12H13N5/c1-7-11(13-2)12(17-16-7)8-3-4-9-10(5-8)15-6-14-9/h3-6,13H,1-2H3,(H,14,15)(H,16,17). The summed E-state index contributed by atoms with van der Waals surface area (Å²) in [7, 11) is 1.90. The lowest BCUT2D eigenvalue weighted by atomic mass is 10.1. The van der Waals surface area contributed by atoms with E-state index in [-0.39, 0.29) is 0 Å². The van der Waals surface area contributed by atoms with Gasteiger partial charge in [0.2, 0.25) is 0 Å². The number of nitrogens with one attached hydrogen (secondary N) is 3. The molecular formula is C12H13N5. The topological polar surface area (TPSA) is 69.4 Å².